The lowest BCUT2D eigenvalue weighted by atomic mass is 9.76. The van der Waals surface area contributed by atoms with E-state index in [1.807, 2.05) is 12.1 Å². The molecule has 1 heterocycles. The van der Waals surface area contributed by atoms with Gasteiger partial charge in [0, 0.05) is 37.8 Å². The third-order valence-electron chi connectivity index (χ3n) is 4.60. The molecule has 0 aromatic heterocycles. The molecule has 0 unspecified atom stereocenters. The highest BCUT2D eigenvalue weighted by molar-refractivity contribution is 5.37. The first-order valence-corrected chi connectivity index (χ1v) is 7.74. The van der Waals surface area contributed by atoms with Gasteiger partial charge in [0.05, 0.1) is 0 Å². The minimum atomic E-state index is -2.77. The number of para-hydroxylation sites is 1. The standard InChI is InChI=1S/C16H22F2N2O/c17-16(18)21-14-7-2-1-6-13(14)15(12-4-3-5-12)20-10-8-19-9-11-20/h1-2,6-7,12,15-16,19H,3-5,8-11H2/t15-/m0/s1. The Hall–Kier alpha value is -1.20. The fraction of sp³-hybridized carbons (Fsp3) is 0.625. The van der Waals surface area contributed by atoms with Crippen LogP contribution in [0.2, 0.25) is 0 Å². The van der Waals surface area contributed by atoms with Crippen LogP contribution in [0.3, 0.4) is 0 Å². The van der Waals surface area contributed by atoms with E-state index in [9.17, 15) is 8.78 Å². The van der Waals surface area contributed by atoms with Gasteiger partial charge in [-0.25, -0.2) is 0 Å². The van der Waals surface area contributed by atoms with E-state index in [1.165, 1.54) is 19.3 Å². The second-order valence-electron chi connectivity index (χ2n) is 5.84. The number of nitrogens with one attached hydrogen (secondary N) is 1. The van der Waals surface area contributed by atoms with Crippen molar-refractivity contribution in [2.75, 3.05) is 26.2 Å². The first-order chi connectivity index (χ1) is 10.3. The molecule has 3 nitrogen and oxygen atoms in total. The summed E-state index contributed by atoms with van der Waals surface area (Å²) in [5, 5.41) is 3.35. The molecule has 1 aromatic carbocycles. The van der Waals surface area contributed by atoms with Gasteiger partial charge in [-0.3, -0.25) is 4.90 Å². The van der Waals surface area contributed by atoms with E-state index in [4.69, 9.17) is 4.74 Å². The Morgan fingerprint density at radius 1 is 1.14 bits per heavy atom. The lowest BCUT2D eigenvalue weighted by Crippen LogP contribution is -2.48. The largest absolute Gasteiger partial charge is 0.434 e. The number of halogens is 2. The molecule has 0 amide bonds. The fourth-order valence-corrected chi connectivity index (χ4v) is 3.39. The van der Waals surface area contributed by atoms with Gasteiger partial charge in [-0.2, -0.15) is 8.78 Å². The Bertz CT molecular complexity index is 459. The smallest absolute Gasteiger partial charge is 0.387 e. The van der Waals surface area contributed by atoms with E-state index in [-0.39, 0.29) is 6.04 Å². The average molecular weight is 296 g/mol. The quantitative estimate of drug-likeness (QED) is 0.904. The maximum atomic E-state index is 12.7. The van der Waals surface area contributed by atoms with Gasteiger partial charge < -0.3 is 10.1 Å². The van der Waals surface area contributed by atoms with Crippen molar-refractivity contribution in [1.29, 1.82) is 0 Å². The van der Waals surface area contributed by atoms with Gasteiger partial charge in [-0.05, 0) is 24.8 Å². The van der Waals surface area contributed by atoms with Crippen molar-refractivity contribution >= 4 is 0 Å². The molecule has 1 aliphatic heterocycles. The summed E-state index contributed by atoms with van der Waals surface area (Å²) in [6.45, 7) is 1.08. The lowest BCUT2D eigenvalue weighted by molar-refractivity contribution is -0.0520. The Balaban J connectivity index is 1.88. The number of alkyl halides is 2. The molecule has 1 aromatic rings. The van der Waals surface area contributed by atoms with E-state index in [0.717, 1.165) is 31.7 Å². The van der Waals surface area contributed by atoms with E-state index >= 15 is 0 Å². The predicted octanol–water partition coefficient (Wildman–Crippen LogP) is 3.03. The van der Waals surface area contributed by atoms with Gasteiger partial charge in [0.15, 0.2) is 0 Å². The van der Waals surface area contributed by atoms with E-state index in [1.54, 1.807) is 12.1 Å². The van der Waals surface area contributed by atoms with Gasteiger partial charge in [0.1, 0.15) is 5.75 Å². The molecule has 1 N–H and O–H groups in total. The molecule has 1 saturated heterocycles. The SMILES string of the molecule is FC(F)Oc1ccccc1[C@H](C1CCC1)N1CCNCC1. The van der Waals surface area contributed by atoms with Crippen LogP contribution in [0.4, 0.5) is 8.78 Å². The molecular weight excluding hydrogens is 274 g/mol. The van der Waals surface area contributed by atoms with Crippen molar-refractivity contribution in [1.82, 2.24) is 10.2 Å². The Kier molecular flexibility index (Phi) is 4.70. The first-order valence-electron chi connectivity index (χ1n) is 7.74. The van der Waals surface area contributed by atoms with Crippen molar-refractivity contribution in [2.24, 2.45) is 5.92 Å². The van der Waals surface area contributed by atoms with Crippen LogP contribution in [0.25, 0.3) is 0 Å². The van der Waals surface area contributed by atoms with Crippen LogP contribution < -0.4 is 10.1 Å². The molecule has 0 bridgehead atoms. The molecule has 1 atom stereocenters. The normalized spacial score (nSPS) is 22.0. The Labute approximate surface area is 124 Å². The molecule has 5 heteroatoms. The summed E-state index contributed by atoms with van der Waals surface area (Å²) in [4.78, 5) is 2.42. The number of piperazine rings is 1. The van der Waals surface area contributed by atoms with Gasteiger partial charge in [0.2, 0.25) is 0 Å². The number of nitrogens with zero attached hydrogens (tertiary/aromatic N) is 1. The van der Waals surface area contributed by atoms with Crippen molar-refractivity contribution in [3.8, 4) is 5.75 Å². The van der Waals surface area contributed by atoms with Gasteiger partial charge in [-0.15, -0.1) is 0 Å². The summed E-state index contributed by atoms with van der Waals surface area (Å²) in [6, 6.07) is 7.49. The number of rotatable bonds is 5. The van der Waals surface area contributed by atoms with Crippen LogP contribution in [-0.2, 0) is 0 Å². The molecule has 2 fully saturated rings. The molecule has 1 saturated carbocycles. The maximum Gasteiger partial charge on any atom is 0.387 e. The first kappa shape index (κ1) is 14.7. The second-order valence-corrected chi connectivity index (χ2v) is 5.84. The summed E-state index contributed by atoms with van der Waals surface area (Å²) < 4.78 is 30.1. The highest BCUT2D eigenvalue weighted by atomic mass is 19.3. The molecule has 0 spiro atoms. The zero-order valence-corrected chi connectivity index (χ0v) is 12.1. The summed E-state index contributed by atoms with van der Waals surface area (Å²) in [7, 11) is 0. The third-order valence-corrected chi connectivity index (χ3v) is 4.60. The van der Waals surface area contributed by atoms with Crippen LogP contribution in [0.1, 0.15) is 30.9 Å². The summed E-state index contributed by atoms with van der Waals surface area (Å²) in [5.41, 5.74) is 0.921. The van der Waals surface area contributed by atoms with Gasteiger partial charge in [-0.1, -0.05) is 24.6 Å². The number of hydrogen-bond acceptors (Lipinski definition) is 3. The highest BCUT2D eigenvalue weighted by Gasteiger charge is 2.35. The molecule has 1 aliphatic carbocycles. The zero-order valence-electron chi connectivity index (χ0n) is 12.1. The van der Waals surface area contributed by atoms with Gasteiger partial charge in [0.25, 0.3) is 0 Å². The second kappa shape index (κ2) is 6.71. The summed E-state index contributed by atoms with van der Waals surface area (Å²) in [5.74, 6) is 0.897. The van der Waals surface area contributed by atoms with Crippen molar-refractivity contribution in [3.05, 3.63) is 29.8 Å². The molecule has 0 radical (unpaired) electrons. The molecule has 116 valence electrons. The van der Waals surface area contributed by atoms with E-state index in [2.05, 4.69) is 10.2 Å². The average Bonchev–Trinajstić information content (AvgIpc) is 2.44. The molecule has 21 heavy (non-hydrogen) atoms. The zero-order chi connectivity index (χ0) is 14.7. The minimum Gasteiger partial charge on any atom is -0.434 e. The van der Waals surface area contributed by atoms with Crippen LogP contribution >= 0.6 is 0 Å². The van der Waals surface area contributed by atoms with E-state index in [0.29, 0.717) is 11.7 Å². The molecule has 3 rings (SSSR count). The molecule has 2 aliphatic rings. The molecular formula is C16H22F2N2O. The maximum absolute atomic E-state index is 12.7. The van der Waals surface area contributed by atoms with Crippen LogP contribution in [0.15, 0.2) is 24.3 Å². The van der Waals surface area contributed by atoms with Crippen molar-refractivity contribution < 1.29 is 13.5 Å². The Morgan fingerprint density at radius 3 is 2.48 bits per heavy atom. The topological polar surface area (TPSA) is 24.5 Å². The summed E-state index contributed by atoms with van der Waals surface area (Å²) in [6.07, 6.45) is 3.60. The number of ether oxygens (including phenoxy) is 1. The van der Waals surface area contributed by atoms with E-state index < -0.39 is 6.61 Å². The fourth-order valence-electron chi connectivity index (χ4n) is 3.39. The van der Waals surface area contributed by atoms with Crippen LogP contribution in [0.5, 0.6) is 5.75 Å². The number of benzene rings is 1. The minimum absolute atomic E-state index is 0.204. The highest BCUT2D eigenvalue weighted by Crippen LogP contribution is 2.44. The van der Waals surface area contributed by atoms with Gasteiger partial charge >= 0.3 is 6.61 Å². The summed E-state index contributed by atoms with van der Waals surface area (Å²) >= 11 is 0. The van der Waals surface area contributed by atoms with Crippen molar-refractivity contribution in [3.63, 3.8) is 0 Å². The van der Waals surface area contributed by atoms with Crippen LogP contribution in [0, 0.1) is 5.92 Å². The van der Waals surface area contributed by atoms with Crippen molar-refractivity contribution in [2.45, 2.75) is 31.9 Å². The van der Waals surface area contributed by atoms with Crippen LogP contribution in [-0.4, -0.2) is 37.7 Å². The monoisotopic (exact) mass is 296 g/mol. The third kappa shape index (κ3) is 3.35. The lowest BCUT2D eigenvalue weighted by Gasteiger charge is -2.43. The Morgan fingerprint density at radius 2 is 1.86 bits per heavy atom. The number of hydrogen-bond donors (Lipinski definition) is 1. The predicted molar refractivity (Wildman–Crippen MR) is 77.6 cm³/mol.